The summed E-state index contributed by atoms with van der Waals surface area (Å²) in [5.74, 6) is 0.603. The summed E-state index contributed by atoms with van der Waals surface area (Å²) in [6.07, 6.45) is 9.71. The van der Waals surface area contributed by atoms with E-state index < -0.39 is 6.17 Å². The molecule has 0 saturated carbocycles. The molecule has 140 valence electrons. The highest BCUT2D eigenvalue weighted by molar-refractivity contribution is 5.62. The van der Waals surface area contributed by atoms with Crippen molar-refractivity contribution in [2.24, 2.45) is 0 Å². The second kappa shape index (κ2) is 6.12. The number of halogens is 1. The molecule has 2 bridgehead atoms. The van der Waals surface area contributed by atoms with Crippen LogP contribution in [-0.2, 0) is 0 Å². The molecule has 0 aliphatic carbocycles. The molecule has 2 aliphatic heterocycles. The van der Waals surface area contributed by atoms with E-state index in [1.165, 1.54) is 0 Å². The van der Waals surface area contributed by atoms with Crippen LogP contribution in [0.3, 0.4) is 0 Å². The zero-order valence-electron chi connectivity index (χ0n) is 14.8. The van der Waals surface area contributed by atoms with Gasteiger partial charge in [0.2, 0.25) is 11.1 Å². The van der Waals surface area contributed by atoms with Crippen LogP contribution >= 0.6 is 0 Å². The lowest BCUT2D eigenvalue weighted by molar-refractivity contribution is 0.176. The first-order chi connectivity index (χ1) is 13.1. The Balaban J connectivity index is 1.42. The van der Waals surface area contributed by atoms with Gasteiger partial charge >= 0.3 is 0 Å². The predicted molar refractivity (Wildman–Crippen MR) is 98.5 cm³/mol. The van der Waals surface area contributed by atoms with Crippen molar-refractivity contribution in [1.82, 2.24) is 29.9 Å². The predicted octanol–water partition coefficient (Wildman–Crippen LogP) is 1.15. The highest BCUT2D eigenvalue weighted by atomic mass is 19.1. The molecule has 2 fully saturated rings. The molecule has 2 aliphatic rings. The van der Waals surface area contributed by atoms with Crippen LogP contribution < -0.4 is 15.6 Å². The Morgan fingerprint density at radius 2 is 2.15 bits per heavy atom. The van der Waals surface area contributed by atoms with Gasteiger partial charge in [-0.1, -0.05) is 0 Å². The Labute approximate surface area is 154 Å². The van der Waals surface area contributed by atoms with Gasteiger partial charge in [0.1, 0.15) is 12.0 Å². The Bertz CT molecular complexity index is 1030. The van der Waals surface area contributed by atoms with Crippen LogP contribution in [0.5, 0.6) is 0 Å². The SMILES string of the molecule is CN(c1cnc(-c2c[nH]n3ccnc3c2=O)cn1)[C@@H]1CC2CC[C@H](N2)[C@@H]1F. The number of nitrogens with zero attached hydrogens (tertiary/aromatic N) is 5. The number of aromatic amines is 1. The van der Waals surface area contributed by atoms with E-state index in [0.717, 1.165) is 19.3 Å². The Hall–Kier alpha value is -2.81. The maximum absolute atomic E-state index is 14.8. The van der Waals surface area contributed by atoms with E-state index in [1.54, 1.807) is 35.5 Å². The Kier molecular flexibility index (Phi) is 3.71. The van der Waals surface area contributed by atoms with E-state index in [-0.39, 0.29) is 17.5 Å². The first-order valence-electron chi connectivity index (χ1n) is 9.12. The number of nitrogens with one attached hydrogen (secondary N) is 2. The van der Waals surface area contributed by atoms with E-state index in [0.29, 0.717) is 28.8 Å². The van der Waals surface area contributed by atoms with Gasteiger partial charge in [-0.2, -0.15) is 0 Å². The first kappa shape index (κ1) is 16.4. The average molecular weight is 369 g/mol. The monoisotopic (exact) mass is 369 g/mol. The van der Waals surface area contributed by atoms with Gasteiger partial charge in [0.15, 0.2) is 0 Å². The highest BCUT2D eigenvalue weighted by Gasteiger charge is 2.43. The second-order valence-electron chi connectivity index (χ2n) is 7.30. The van der Waals surface area contributed by atoms with E-state index in [4.69, 9.17) is 0 Å². The highest BCUT2D eigenvalue weighted by Crippen LogP contribution is 2.33. The van der Waals surface area contributed by atoms with Crippen LogP contribution in [0.1, 0.15) is 19.3 Å². The molecule has 2 N–H and O–H groups in total. The summed E-state index contributed by atoms with van der Waals surface area (Å²) in [6, 6.07) is 0.0957. The second-order valence-corrected chi connectivity index (χ2v) is 7.30. The number of hydrogen-bond donors (Lipinski definition) is 2. The van der Waals surface area contributed by atoms with Gasteiger partial charge in [0, 0.05) is 37.7 Å². The summed E-state index contributed by atoms with van der Waals surface area (Å²) in [7, 11) is 1.86. The van der Waals surface area contributed by atoms with E-state index >= 15 is 0 Å². The van der Waals surface area contributed by atoms with Crippen LogP contribution in [0.4, 0.5) is 10.2 Å². The van der Waals surface area contributed by atoms with Crippen LogP contribution in [-0.4, -0.2) is 55.9 Å². The third kappa shape index (κ3) is 2.61. The fourth-order valence-corrected chi connectivity index (χ4v) is 4.25. The smallest absolute Gasteiger partial charge is 0.233 e. The van der Waals surface area contributed by atoms with Crippen molar-refractivity contribution in [3.63, 3.8) is 0 Å². The van der Waals surface area contributed by atoms with Crippen molar-refractivity contribution in [2.75, 3.05) is 11.9 Å². The summed E-state index contributed by atoms with van der Waals surface area (Å²) >= 11 is 0. The number of anilines is 1. The van der Waals surface area contributed by atoms with Gasteiger partial charge in [0.25, 0.3) is 0 Å². The number of hydrogen-bond acceptors (Lipinski definition) is 6. The lowest BCUT2D eigenvalue weighted by Crippen LogP contribution is -2.55. The average Bonchev–Trinajstić information content (AvgIpc) is 3.33. The summed E-state index contributed by atoms with van der Waals surface area (Å²) in [5.41, 5.74) is 0.952. The van der Waals surface area contributed by atoms with Crippen LogP contribution in [0.2, 0.25) is 0 Å². The normalized spacial score (nSPS) is 27.2. The molecular weight excluding hydrogens is 349 g/mol. The lowest BCUT2D eigenvalue weighted by atomic mass is 9.96. The molecule has 5 rings (SSSR count). The zero-order valence-corrected chi connectivity index (χ0v) is 14.8. The number of fused-ring (bicyclic) bond motifs is 3. The summed E-state index contributed by atoms with van der Waals surface area (Å²) < 4.78 is 16.3. The third-order valence-electron chi connectivity index (χ3n) is 5.76. The standard InChI is InChI=1S/C18H20FN7O/c1-25(14-6-10-2-3-12(24-10)16(14)19)15-9-21-13(8-22-15)11-7-23-26-5-4-20-18(26)17(11)27/h4-5,7-10,12,14,16,23-24H,2-3,6H2,1H3/t10?,12-,14+,16-/m0/s1. The lowest BCUT2D eigenvalue weighted by Gasteiger charge is -2.38. The third-order valence-corrected chi connectivity index (χ3v) is 5.76. The minimum atomic E-state index is -0.930. The van der Waals surface area contributed by atoms with E-state index in [1.807, 2.05) is 11.9 Å². The largest absolute Gasteiger partial charge is 0.352 e. The quantitative estimate of drug-likeness (QED) is 0.720. The van der Waals surface area contributed by atoms with Gasteiger partial charge in [0.05, 0.1) is 29.7 Å². The van der Waals surface area contributed by atoms with Crippen molar-refractivity contribution in [2.45, 2.75) is 43.6 Å². The summed E-state index contributed by atoms with van der Waals surface area (Å²) in [6.45, 7) is 0. The molecule has 3 aromatic rings. The molecule has 0 amide bonds. The molecule has 9 heteroatoms. The van der Waals surface area contributed by atoms with Gasteiger partial charge in [-0.25, -0.2) is 18.9 Å². The van der Waals surface area contributed by atoms with E-state index in [9.17, 15) is 9.18 Å². The molecule has 0 spiro atoms. The fraction of sp³-hybridized carbons (Fsp3) is 0.444. The van der Waals surface area contributed by atoms with Gasteiger partial charge in [-0.15, -0.1) is 0 Å². The number of piperidine rings is 1. The Morgan fingerprint density at radius 3 is 2.96 bits per heavy atom. The molecule has 1 unspecified atom stereocenters. The van der Waals surface area contributed by atoms with Crippen LogP contribution in [0.15, 0.2) is 35.8 Å². The van der Waals surface area contributed by atoms with Gasteiger partial charge in [-0.05, 0) is 19.3 Å². The molecular formula is C18H20FN7O. The minimum Gasteiger partial charge on any atom is -0.352 e. The topological polar surface area (TPSA) is 91.2 Å². The molecule has 0 radical (unpaired) electrons. The number of rotatable bonds is 3. The van der Waals surface area contributed by atoms with Crippen molar-refractivity contribution >= 4 is 11.5 Å². The number of imidazole rings is 1. The van der Waals surface area contributed by atoms with Crippen LogP contribution in [0, 0.1) is 0 Å². The molecule has 8 nitrogen and oxygen atoms in total. The van der Waals surface area contributed by atoms with Gasteiger partial charge in [-0.3, -0.25) is 14.9 Å². The molecule has 2 saturated heterocycles. The first-order valence-corrected chi connectivity index (χ1v) is 9.12. The van der Waals surface area contributed by atoms with Gasteiger partial charge < -0.3 is 10.2 Å². The molecule has 5 heterocycles. The molecule has 4 atom stereocenters. The number of alkyl halides is 1. The minimum absolute atomic E-state index is 0.0664. The molecule has 3 aromatic heterocycles. The maximum atomic E-state index is 14.8. The number of H-pyrrole nitrogens is 1. The van der Waals surface area contributed by atoms with E-state index in [2.05, 4.69) is 25.4 Å². The maximum Gasteiger partial charge on any atom is 0.233 e. The van der Waals surface area contributed by atoms with Crippen LogP contribution in [0.25, 0.3) is 16.9 Å². The Morgan fingerprint density at radius 1 is 1.26 bits per heavy atom. The van der Waals surface area contributed by atoms with Crippen molar-refractivity contribution in [1.29, 1.82) is 0 Å². The summed E-state index contributed by atoms with van der Waals surface area (Å²) in [5, 5.41) is 6.31. The molecule has 0 aromatic carbocycles. The molecule has 27 heavy (non-hydrogen) atoms. The van der Waals surface area contributed by atoms with Crippen molar-refractivity contribution in [3.05, 3.63) is 41.2 Å². The zero-order chi connectivity index (χ0) is 18.5. The summed E-state index contributed by atoms with van der Waals surface area (Å²) in [4.78, 5) is 27.3. The van der Waals surface area contributed by atoms with Crippen molar-refractivity contribution < 1.29 is 4.39 Å². The van der Waals surface area contributed by atoms with Crippen molar-refractivity contribution in [3.8, 4) is 11.3 Å². The fourth-order valence-electron chi connectivity index (χ4n) is 4.25. The number of aromatic nitrogens is 5.